The van der Waals surface area contributed by atoms with Crippen molar-refractivity contribution in [3.63, 3.8) is 0 Å². The zero-order valence-electron chi connectivity index (χ0n) is 9.87. The van der Waals surface area contributed by atoms with Crippen molar-refractivity contribution in [3.05, 3.63) is 0 Å². The van der Waals surface area contributed by atoms with Gasteiger partial charge in [0.1, 0.15) is 0 Å². The zero-order valence-corrected chi connectivity index (χ0v) is 9.87. The summed E-state index contributed by atoms with van der Waals surface area (Å²) in [5, 5.41) is 16.5. The summed E-state index contributed by atoms with van der Waals surface area (Å²) in [5.41, 5.74) is -1.01. The van der Waals surface area contributed by atoms with E-state index in [1.54, 1.807) is 0 Å². The lowest BCUT2D eigenvalue weighted by molar-refractivity contribution is -0.146. The Hall–Kier alpha value is -1.79. The van der Waals surface area contributed by atoms with Crippen LogP contribution >= 0.6 is 0 Å². The van der Waals surface area contributed by atoms with Crippen LogP contribution in [0.15, 0.2) is 0 Å². The first kappa shape index (κ1) is 13.3. The molecule has 0 aromatic heterocycles. The minimum Gasteiger partial charge on any atom is -0.481 e. The lowest BCUT2D eigenvalue weighted by Crippen LogP contribution is -2.47. The van der Waals surface area contributed by atoms with Crippen LogP contribution in [-0.4, -0.2) is 42.1 Å². The van der Waals surface area contributed by atoms with Gasteiger partial charge in [-0.05, 0) is 13.8 Å². The van der Waals surface area contributed by atoms with E-state index in [0.29, 0.717) is 6.54 Å². The highest BCUT2D eigenvalue weighted by Crippen LogP contribution is 2.12. The van der Waals surface area contributed by atoms with Crippen molar-refractivity contribution in [2.75, 3.05) is 13.1 Å². The van der Waals surface area contributed by atoms with Crippen molar-refractivity contribution in [2.45, 2.75) is 26.3 Å². The van der Waals surface area contributed by atoms with E-state index in [1.807, 2.05) is 0 Å². The molecule has 1 fully saturated rings. The summed E-state index contributed by atoms with van der Waals surface area (Å²) < 4.78 is 0. The summed E-state index contributed by atoms with van der Waals surface area (Å²) in [7, 11) is 0. The fourth-order valence-corrected chi connectivity index (χ4v) is 1.32. The van der Waals surface area contributed by atoms with Crippen molar-refractivity contribution in [1.29, 1.82) is 0 Å². The molecular weight excluding hydrogens is 226 g/mol. The van der Waals surface area contributed by atoms with Gasteiger partial charge in [-0.2, -0.15) is 0 Å². The van der Waals surface area contributed by atoms with Gasteiger partial charge >= 0.3 is 12.0 Å². The molecule has 1 heterocycles. The molecule has 0 aromatic carbocycles. The Morgan fingerprint density at radius 3 is 2.65 bits per heavy atom. The van der Waals surface area contributed by atoms with Crippen LogP contribution in [0.1, 0.15) is 20.3 Å². The number of rotatable bonds is 4. The summed E-state index contributed by atoms with van der Waals surface area (Å²) in [6, 6.07) is -0.684. The van der Waals surface area contributed by atoms with Crippen molar-refractivity contribution in [3.8, 4) is 0 Å². The highest BCUT2D eigenvalue weighted by Gasteiger charge is 2.28. The minimum absolute atomic E-state index is 0.0300. The maximum atomic E-state index is 11.4. The summed E-state index contributed by atoms with van der Waals surface area (Å²) in [6.45, 7) is 3.49. The first-order valence-electron chi connectivity index (χ1n) is 5.36. The number of hydrogen-bond donors (Lipinski definition) is 4. The molecule has 0 aliphatic carbocycles. The Morgan fingerprint density at radius 1 is 1.53 bits per heavy atom. The quantitative estimate of drug-likeness (QED) is 0.523. The first-order valence-corrected chi connectivity index (χ1v) is 5.36. The maximum absolute atomic E-state index is 11.4. The monoisotopic (exact) mass is 243 g/mol. The highest BCUT2D eigenvalue weighted by atomic mass is 16.4. The van der Waals surface area contributed by atoms with E-state index >= 15 is 0 Å². The Labute approximate surface area is 98.9 Å². The van der Waals surface area contributed by atoms with Gasteiger partial charge in [-0.1, -0.05) is 0 Å². The SMILES string of the molecule is CC(C)(CNC(=O)NC1CNC(=O)C1)C(=O)O. The third-order valence-electron chi connectivity index (χ3n) is 2.58. The summed E-state index contributed by atoms with van der Waals surface area (Å²) in [4.78, 5) is 33.1. The molecule has 1 atom stereocenters. The van der Waals surface area contributed by atoms with Gasteiger partial charge in [0, 0.05) is 19.5 Å². The second-order valence-corrected chi connectivity index (χ2v) is 4.72. The standard InChI is InChI=1S/C10H17N3O4/c1-10(2,8(15)16)5-12-9(17)13-6-3-7(14)11-4-6/h6H,3-5H2,1-2H3,(H,11,14)(H,15,16)(H2,12,13,17). The van der Waals surface area contributed by atoms with Gasteiger partial charge in [-0.3, -0.25) is 9.59 Å². The normalized spacial score (nSPS) is 19.6. The minimum atomic E-state index is -1.01. The number of amides is 3. The highest BCUT2D eigenvalue weighted by molar-refractivity contribution is 5.81. The van der Waals surface area contributed by atoms with E-state index in [2.05, 4.69) is 16.0 Å². The summed E-state index contributed by atoms with van der Waals surface area (Å²) >= 11 is 0. The molecule has 1 unspecified atom stereocenters. The fraction of sp³-hybridized carbons (Fsp3) is 0.700. The van der Waals surface area contributed by atoms with Crippen LogP contribution in [0.25, 0.3) is 0 Å². The number of hydrogen-bond acceptors (Lipinski definition) is 3. The van der Waals surface area contributed by atoms with Crippen molar-refractivity contribution < 1.29 is 19.5 Å². The van der Waals surface area contributed by atoms with E-state index in [4.69, 9.17) is 5.11 Å². The number of carbonyl (C=O) groups excluding carboxylic acids is 2. The van der Waals surface area contributed by atoms with Gasteiger partial charge in [0.25, 0.3) is 0 Å². The molecule has 7 nitrogen and oxygen atoms in total. The molecule has 7 heteroatoms. The Balaban J connectivity index is 2.31. The topological polar surface area (TPSA) is 108 Å². The molecule has 1 saturated heterocycles. The van der Waals surface area contributed by atoms with Crippen LogP contribution in [0.5, 0.6) is 0 Å². The number of carboxylic acid groups (broad SMARTS) is 1. The molecule has 17 heavy (non-hydrogen) atoms. The molecule has 0 spiro atoms. The average Bonchev–Trinajstić information content (AvgIpc) is 2.61. The summed E-state index contributed by atoms with van der Waals surface area (Å²) in [6.07, 6.45) is 0.260. The molecular formula is C10H17N3O4. The van der Waals surface area contributed by atoms with Crippen LogP contribution in [0, 0.1) is 5.41 Å². The number of aliphatic carboxylic acids is 1. The van der Waals surface area contributed by atoms with Gasteiger partial charge < -0.3 is 21.1 Å². The van der Waals surface area contributed by atoms with Crippen LogP contribution in [0.3, 0.4) is 0 Å². The third-order valence-corrected chi connectivity index (χ3v) is 2.58. The number of urea groups is 1. The average molecular weight is 243 g/mol. The van der Waals surface area contributed by atoms with Gasteiger partial charge in [-0.15, -0.1) is 0 Å². The number of carbonyl (C=O) groups is 3. The molecule has 96 valence electrons. The predicted molar refractivity (Wildman–Crippen MR) is 59.4 cm³/mol. The molecule has 1 rings (SSSR count). The molecule has 3 amide bonds. The van der Waals surface area contributed by atoms with Crippen LogP contribution < -0.4 is 16.0 Å². The Kier molecular flexibility index (Phi) is 3.93. The van der Waals surface area contributed by atoms with Gasteiger partial charge in [0.15, 0.2) is 0 Å². The molecule has 0 radical (unpaired) electrons. The van der Waals surface area contributed by atoms with Gasteiger partial charge in [0.2, 0.25) is 5.91 Å². The molecule has 0 bridgehead atoms. The van der Waals surface area contributed by atoms with E-state index < -0.39 is 17.4 Å². The summed E-state index contributed by atoms with van der Waals surface area (Å²) in [5.74, 6) is -1.07. The maximum Gasteiger partial charge on any atom is 0.315 e. The molecule has 4 N–H and O–H groups in total. The van der Waals surface area contributed by atoms with E-state index in [1.165, 1.54) is 13.8 Å². The fourth-order valence-electron chi connectivity index (χ4n) is 1.32. The lowest BCUT2D eigenvalue weighted by Gasteiger charge is -2.20. The largest absolute Gasteiger partial charge is 0.481 e. The Morgan fingerprint density at radius 2 is 2.18 bits per heavy atom. The number of carboxylic acids is 1. The van der Waals surface area contributed by atoms with Crippen molar-refractivity contribution >= 4 is 17.9 Å². The van der Waals surface area contributed by atoms with E-state index in [0.717, 1.165) is 0 Å². The van der Waals surface area contributed by atoms with Crippen LogP contribution in [0.2, 0.25) is 0 Å². The molecule has 1 aliphatic rings. The zero-order chi connectivity index (χ0) is 13.1. The first-order chi connectivity index (χ1) is 7.81. The van der Waals surface area contributed by atoms with Gasteiger partial charge in [-0.25, -0.2) is 4.79 Å². The second kappa shape index (κ2) is 5.03. The van der Waals surface area contributed by atoms with E-state index in [-0.39, 0.29) is 24.9 Å². The van der Waals surface area contributed by atoms with Gasteiger partial charge in [0.05, 0.1) is 11.5 Å². The third kappa shape index (κ3) is 3.93. The van der Waals surface area contributed by atoms with E-state index in [9.17, 15) is 14.4 Å². The lowest BCUT2D eigenvalue weighted by atomic mass is 9.94. The van der Waals surface area contributed by atoms with Crippen molar-refractivity contribution in [1.82, 2.24) is 16.0 Å². The van der Waals surface area contributed by atoms with Crippen LogP contribution in [-0.2, 0) is 9.59 Å². The predicted octanol–water partition coefficient (Wildman–Crippen LogP) is -0.715. The molecule has 0 aromatic rings. The smallest absolute Gasteiger partial charge is 0.315 e. The van der Waals surface area contributed by atoms with Crippen LogP contribution in [0.4, 0.5) is 4.79 Å². The second-order valence-electron chi connectivity index (χ2n) is 4.72. The number of nitrogens with one attached hydrogen (secondary N) is 3. The van der Waals surface area contributed by atoms with Crippen molar-refractivity contribution in [2.24, 2.45) is 5.41 Å². The Bertz CT molecular complexity index is 340. The molecule has 0 saturated carbocycles. The molecule has 1 aliphatic heterocycles.